The molecule has 1 aliphatic rings. The molecule has 0 spiro atoms. The highest BCUT2D eigenvalue weighted by Gasteiger charge is 2.20. The van der Waals surface area contributed by atoms with Crippen LogP contribution in [0.3, 0.4) is 0 Å². The summed E-state index contributed by atoms with van der Waals surface area (Å²) in [5.74, 6) is 1.01. The zero-order chi connectivity index (χ0) is 19.7. The average Bonchev–Trinajstić information content (AvgIpc) is 3.33. The first-order chi connectivity index (χ1) is 13.7. The zero-order valence-electron chi connectivity index (χ0n) is 15.2. The van der Waals surface area contributed by atoms with Gasteiger partial charge < -0.3 is 28.3 Å². The predicted molar refractivity (Wildman–Crippen MR) is 98.0 cm³/mol. The van der Waals surface area contributed by atoms with Crippen LogP contribution >= 0.6 is 0 Å². The van der Waals surface area contributed by atoms with Gasteiger partial charge in [0.1, 0.15) is 17.4 Å². The highest BCUT2D eigenvalue weighted by atomic mass is 16.7. The summed E-state index contributed by atoms with van der Waals surface area (Å²) in [6.07, 6.45) is 1.72. The van der Waals surface area contributed by atoms with Gasteiger partial charge in [-0.05, 0) is 18.2 Å². The number of esters is 1. The van der Waals surface area contributed by atoms with Crippen LogP contribution in [0.5, 0.6) is 17.2 Å². The molecular weight excluding hydrogens is 364 g/mol. The van der Waals surface area contributed by atoms with Crippen molar-refractivity contribution in [3.8, 4) is 29.0 Å². The first kappa shape index (κ1) is 17.7. The second-order valence-electron chi connectivity index (χ2n) is 5.97. The van der Waals surface area contributed by atoms with Crippen LogP contribution in [-0.4, -0.2) is 38.3 Å². The van der Waals surface area contributed by atoms with Crippen LogP contribution in [0, 0.1) is 11.3 Å². The van der Waals surface area contributed by atoms with Crippen LogP contribution in [0.15, 0.2) is 36.5 Å². The van der Waals surface area contributed by atoms with Crippen molar-refractivity contribution < 1.29 is 28.5 Å². The van der Waals surface area contributed by atoms with Crippen molar-refractivity contribution in [2.75, 3.05) is 27.8 Å². The van der Waals surface area contributed by atoms with Gasteiger partial charge in [0.25, 0.3) is 0 Å². The molecule has 0 radical (unpaired) electrons. The van der Waals surface area contributed by atoms with E-state index in [-0.39, 0.29) is 19.1 Å². The average molecular weight is 380 g/mol. The molecule has 0 fully saturated rings. The number of nitriles is 1. The summed E-state index contributed by atoms with van der Waals surface area (Å²) in [4.78, 5) is 12.0. The molecule has 0 amide bonds. The highest BCUT2D eigenvalue weighted by Crippen LogP contribution is 2.39. The van der Waals surface area contributed by atoms with E-state index >= 15 is 0 Å². The van der Waals surface area contributed by atoms with Crippen molar-refractivity contribution in [1.82, 2.24) is 4.57 Å². The third-order valence-electron chi connectivity index (χ3n) is 4.40. The maximum absolute atomic E-state index is 12.0. The Bertz CT molecular complexity index is 1110. The molecule has 3 aromatic rings. The van der Waals surface area contributed by atoms with Crippen molar-refractivity contribution in [2.24, 2.45) is 0 Å². The third kappa shape index (κ3) is 2.88. The molecule has 8 heteroatoms. The molecule has 2 heterocycles. The van der Waals surface area contributed by atoms with E-state index in [1.165, 1.54) is 14.2 Å². The van der Waals surface area contributed by atoms with Crippen LogP contribution in [0.4, 0.5) is 0 Å². The molecule has 2 aromatic carbocycles. The zero-order valence-corrected chi connectivity index (χ0v) is 15.2. The number of fused-ring (bicyclic) bond motifs is 2. The summed E-state index contributed by atoms with van der Waals surface area (Å²) in [6, 6.07) is 10.9. The van der Waals surface area contributed by atoms with Gasteiger partial charge in [0.2, 0.25) is 6.79 Å². The van der Waals surface area contributed by atoms with Crippen molar-refractivity contribution in [1.29, 1.82) is 5.26 Å². The van der Waals surface area contributed by atoms with Gasteiger partial charge in [0.15, 0.2) is 18.3 Å². The highest BCUT2D eigenvalue weighted by molar-refractivity contribution is 5.94. The number of hydrogen-bond acceptors (Lipinski definition) is 7. The lowest BCUT2D eigenvalue weighted by atomic mass is 10.1. The normalized spacial score (nSPS) is 12.0. The van der Waals surface area contributed by atoms with Gasteiger partial charge in [0.05, 0.1) is 18.2 Å². The van der Waals surface area contributed by atoms with Gasteiger partial charge in [-0.15, -0.1) is 0 Å². The van der Waals surface area contributed by atoms with Gasteiger partial charge in [-0.1, -0.05) is 0 Å². The van der Waals surface area contributed by atoms with E-state index in [0.717, 1.165) is 10.9 Å². The standard InChI is InChI=1S/C20H16N2O6/c1-24-10-26-17-5-13(3-4-14(17)20(23)25-2)22-9-12(8-21)15-6-18-19(7-16(15)22)28-11-27-18/h3-7,9H,10-11H2,1-2H3. The molecule has 0 bridgehead atoms. The Kier molecular flexibility index (Phi) is 4.51. The minimum absolute atomic E-state index is 0.0258. The number of ether oxygens (including phenoxy) is 5. The number of methoxy groups -OCH3 is 2. The minimum Gasteiger partial charge on any atom is -0.467 e. The van der Waals surface area contributed by atoms with Gasteiger partial charge in [-0.25, -0.2) is 4.79 Å². The molecule has 4 rings (SSSR count). The largest absolute Gasteiger partial charge is 0.467 e. The van der Waals surface area contributed by atoms with E-state index in [4.69, 9.17) is 23.7 Å². The summed E-state index contributed by atoms with van der Waals surface area (Å²) >= 11 is 0. The second-order valence-corrected chi connectivity index (χ2v) is 5.97. The lowest BCUT2D eigenvalue weighted by Crippen LogP contribution is -2.08. The molecule has 1 aromatic heterocycles. The lowest BCUT2D eigenvalue weighted by molar-refractivity contribution is 0.0465. The SMILES string of the molecule is COCOc1cc(-n2cc(C#N)c3cc4c(cc32)OCO4)ccc1C(=O)OC. The van der Waals surface area contributed by atoms with E-state index < -0.39 is 5.97 Å². The van der Waals surface area contributed by atoms with E-state index in [0.29, 0.717) is 28.5 Å². The number of hydrogen-bond donors (Lipinski definition) is 0. The number of rotatable bonds is 5. The van der Waals surface area contributed by atoms with Crippen LogP contribution in [0.2, 0.25) is 0 Å². The summed E-state index contributed by atoms with van der Waals surface area (Å²) in [5.41, 5.74) is 2.23. The molecule has 8 nitrogen and oxygen atoms in total. The van der Waals surface area contributed by atoms with Gasteiger partial charge >= 0.3 is 5.97 Å². The van der Waals surface area contributed by atoms with Gasteiger partial charge in [-0.2, -0.15) is 5.26 Å². The smallest absolute Gasteiger partial charge is 0.341 e. The predicted octanol–water partition coefficient (Wildman–Crippen LogP) is 3.00. The van der Waals surface area contributed by atoms with Crippen LogP contribution < -0.4 is 14.2 Å². The number of nitrogens with zero attached hydrogens (tertiary/aromatic N) is 2. The maximum atomic E-state index is 12.0. The third-order valence-corrected chi connectivity index (χ3v) is 4.40. The molecule has 28 heavy (non-hydrogen) atoms. The van der Waals surface area contributed by atoms with Crippen LogP contribution in [-0.2, 0) is 9.47 Å². The summed E-state index contributed by atoms with van der Waals surface area (Å²) in [7, 11) is 2.79. The summed E-state index contributed by atoms with van der Waals surface area (Å²) < 4.78 is 28.0. The molecule has 142 valence electrons. The van der Waals surface area contributed by atoms with Crippen LogP contribution in [0.25, 0.3) is 16.6 Å². The molecule has 0 unspecified atom stereocenters. The summed E-state index contributed by atoms with van der Waals surface area (Å²) in [5, 5.41) is 10.3. The molecule has 0 saturated heterocycles. The van der Waals surface area contributed by atoms with E-state index in [2.05, 4.69) is 6.07 Å². The number of carbonyl (C=O) groups is 1. The van der Waals surface area contributed by atoms with E-state index in [1.807, 2.05) is 10.6 Å². The van der Waals surface area contributed by atoms with Crippen LogP contribution in [0.1, 0.15) is 15.9 Å². The molecule has 0 saturated carbocycles. The molecule has 0 N–H and O–H groups in total. The molecular formula is C20H16N2O6. The van der Waals surface area contributed by atoms with Gasteiger partial charge in [0, 0.05) is 36.5 Å². The Morgan fingerprint density at radius 2 is 2.00 bits per heavy atom. The number of benzene rings is 2. The fourth-order valence-corrected chi connectivity index (χ4v) is 3.10. The first-order valence-corrected chi connectivity index (χ1v) is 8.35. The topological polar surface area (TPSA) is 91.9 Å². The fraction of sp³-hybridized carbons (Fsp3) is 0.200. The Morgan fingerprint density at radius 1 is 1.21 bits per heavy atom. The molecule has 1 aliphatic heterocycles. The first-order valence-electron chi connectivity index (χ1n) is 8.35. The Morgan fingerprint density at radius 3 is 2.71 bits per heavy atom. The van der Waals surface area contributed by atoms with E-state index in [1.54, 1.807) is 30.5 Å². The minimum atomic E-state index is -0.518. The Labute approximate surface area is 160 Å². The quantitative estimate of drug-likeness (QED) is 0.496. The maximum Gasteiger partial charge on any atom is 0.341 e. The lowest BCUT2D eigenvalue weighted by Gasteiger charge is -2.13. The summed E-state index contributed by atoms with van der Waals surface area (Å²) in [6.45, 7) is 0.120. The van der Waals surface area contributed by atoms with Crippen molar-refractivity contribution >= 4 is 16.9 Å². The van der Waals surface area contributed by atoms with Crippen molar-refractivity contribution in [3.63, 3.8) is 0 Å². The monoisotopic (exact) mass is 380 g/mol. The van der Waals surface area contributed by atoms with Gasteiger partial charge in [-0.3, -0.25) is 0 Å². The fourth-order valence-electron chi connectivity index (χ4n) is 3.10. The number of aromatic nitrogens is 1. The Hall–Kier alpha value is -3.70. The Balaban J connectivity index is 1.88. The van der Waals surface area contributed by atoms with Crippen molar-refractivity contribution in [2.45, 2.75) is 0 Å². The second kappa shape index (κ2) is 7.13. The van der Waals surface area contributed by atoms with E-state index in [9.17, 15) is 10.1 Å². The molecule has 0 aliphatic carbocycles. The number of carbonyl (C=O) groups excluding carboxylic acids is 1. The van der Waals surface area contributed by atoms with Crippen molar-refractivity contribution in [3.05, 3.63) is 47.7 Å². The molecule has 0 atom stereocenters.